The van der Waals surface area contributed by atoms with E-state index in [4.69, 9.17) is 19.2 Å². The molecule has 1 fully saturated rings. The van der Waals surface area contributed by atoms with Crippen molar-refractivity contribution in [2.45, 2.75) is 96.4 Å². The van der Waals surface area contributed by atoms with Gasteiger partial charge in [-0.05, 0) is 49.3 Å². The van der Waals surface area contributed by atoms with Crippen LogP contribution in [-0.4, -0.2) is 78.2 Å². The summed E-state index contributed by atoms with van der Waals surface area (Å²) in [7, 11) is 2.85. The van der Waals surface area contributed by atoms with Gasteiger partial charge >= 0.3 is 11.9 Å². The predicted octanol–water partition coefficient (Wildman–Crippen LogP) is 5.35. The molecule has 13 nitrogen and oxygen atoms in total. The fraction of sp³-hybridized carbons (Fsp3) is 0.476. The molecule has 1 heterocycles. The smallest absolute Gasteiger partial charge is 0.328 e. The van der Waals surface area contributed by atoms with Crippen LogP contribution in [0, 0.1) is 17.8 Å². The predicted molar refractivity (Wildman–Crippen MR) is 206 cm³/mol. The zero-order chi connectivity index (χ0) is 39.6. The van der Waals surface area contributed by atoms with Gasteiger partial charge in [0.2, 0.25) is 17.7 Å². The van der Waals surface area contributed by atoms with Crippen LogP contribution >= 0.6 is 0 Å². The number of nitrogens with zero attached hydrogens (tertiary/aromatic N) is 1. The van der Waals surface area contributed by atoms with Crippen LogP contribution in [0.4, 0.5) is 0 Å². The summed E-state index contributed by atoms with van der Waals surface area (Å²) in [6, 6.07) is 13.7. The number of aliphatic carboxylic acids is 1. The first-order chi connectivity index (χ1) is 26.4. The van der Waals surface area contributed by atoms with Gasteiger partial charge in [-0.3, -0.25) is 14.4 Å². The second-order valence-corrected chi connectivity index (χ2v) is 14.6. The fourth-order valence-electron chi connectivity index (χ4n) is 7.41. The van der Waals surface area contributed by atoms with Crippen LogP contribution in [0.15, 0.2) is 66.2 Å². The summed E-state index contributed by atoms with van der Waals surface area (Å²) in [5.41, 5.74) is 2.14. The Labute approximate surface area is 321 Å². The van der Waals surface area contributed by atoms with E-state index in [1.165, 1.54) is 7.11 Å². The number of benzene rings is 2. The fourth-order valence-corrected chi connectivity index (χ4v) is 7.41. The minimum Gasteiger partial charge on any atom is -0.497 e. The van der Waals surface area contributed by atoms with E-state index in [1.807, 2.05) is 43.3 Å². The van der Waals surface area contributed by atoms with E-state index in [-0.39, 0.29) is 24.3 Å². The largest absolute Gasteiger partial charge is 0.497 e. The van der Waals surface area contributed by atoms with Crippen molar-refractivity contribution in [2.24, 2.45) is 17.8 Å². The normalized spacial score (nSPS) is 18.8. The maximum Gasteiger partial charge on any atom is 0.328 e. The lowest BCUT2D eigenvalue weighted by atomic mass is 9.83. The van der Waals surface area contributed by atoms with Gasteiger partial charge in [-0.2, -0.15) is 0 Å². The number of hydrogen-bond acceptors (Lipinski definition) is 9. The highest BCUT2D eigenvalue weighted by Crippen LogP contribution is 2.36. The SMILES string of the molecule is CCC[C@H](NC(=O)[C@H]1C[C@H](Oc2cc(-c3ccccc3)nc3cc(OC)ccc23)C=C1C(=O)N[C@H](C(=O)NC(C(=O)OC)C1CCCCC1)C(C)C)C(=O)O. The monoisotopic (exact) mass is 756 g/mol. The number of carbonyl (C=O) groups excluding carboxylic acids is 4. The molecule has 5 rings (SSSR count). The minimum atomic E-state index is -1.18. The molecule has 5 atom stereocenters. The van der Waals surface area contributed by atoms with E-state index in [2.05, 4.69) is 16.0 Å². The first-order valence-corrected chi connectivity index (χ1v) is 19.1. The van der Waals surface area contributed by atoms with Crippen LogP contribution in [0.5, 0.6) is 11.5 Å². The maximum atomic E-state index is 14.2. The van der Waals surface area contributed by atoms with Crippen LogP contribution in [0.25, 0.3) is 22.2 Å². The second-order valence-electron chi connectivity index (χ2n) is 14.6. The van der Waals surface area contributed by atoms with Gasteiger partial charge in [0.1, 0.15) is 35.7 Å². The molecule has 2 aliphatic rings. The van der Waals surface area contributed by atoms with Gasteiger partial charge in [0, 0.05) is 35.1 Å². The van der Waals surface area contributed by atoms with Crippen molar-refractivity contribution < 1.29 is 43.3 Å². The number of aromatic nitrogens is 1. The van der Waals surface area contributed by atoms with E-state index in [1.54, 1.807) is 45.2 Å². The van der Waals surface area contributed by atoms with E-state index in [0.29, 0.717) is 34.5 Å². The Morgan fingerprint density at radius 2 is 1.65 bits per heavy atom. The Bertz CT molecular complexity index is 1890. The number of nitrogens with one attached hydrogen (secondary N) is 3. The number of rotatable bonds is 16. The minimum absolute atomic E-state index is 0.0261. The lowest BCUT2D eigenvalue weighted by Crippen LogP contribution is -2.56. The summed E-state index contributed by atoms with van der Waals surface area (Å²) in [5.74, 6) is -4.10. The Hall–Kier alpha value is -5.46. The van der Waals surface area contributed by atoms with E-state index in [9.17, 15) is 29.1 Å². The van der Waals surface area contributed by atoms with Crippen LogP contribution in [0.3, 0.4) is 0 Å². The molecule has 0 bridgehead atoms. The van der Waals surface area contributed by atoms with Crippen LogP contribution in [0.2, 0.25) is 0 Å². The van der Waals surface area contributed by atoms with Gasteiger partial charge in [-0.1, -0.05) is 76.8 Å². The number of carboxylic acid groups (broad SMARTS) is 1. The van der Waals surface area contributed by atoms with Crippen molar-refractivity contribution in [3.8, 4) is 22.8 Å². The van der Waals surface area contributed by atoms with Crippen molar-refractivity contribution in [3.63, 3.8) is 0 Å². The van der Waals surface area contributed by atoms with Gasteiger partial charge in [0.05, 0.1) is 31.3 Å². The molecule has 0 spiro atoms. The van der Waals surface area contributed by atoms with Crippen molar-refractivity contribution in [2.75, 3.05) is 14.2 Å². The van der Waals surface area contributed by atoms with Crippen LogP contribution in [-0.2, 0) is 28.7 Å². The number of carbonyl (C=O) groups is 5. The molecule has 1 aromatic heterocycles. The summed E-state index contributed by atoms with van der Waals surface area (Å²) in [5, 5.41) is 18.8. The highest BCUT2D eigenvalue weighted by molar-refractivity contribution is 6.03. The molecule has 1 unspecified atom stereocenters. The average Bonchev–Trinajstić information content (AvgIpc) is 3.62. The van der Waals surface area contributed by atoms with Crippen LogP contribution in [0.1, 0.15) is 72.1 Å². The molecule has 2 aromatic carbocycles. The molecular formula is C42H52N4O9. The molecule has 0 saturated heterocycles. The Morgan fingerprint density at radius 3 is 2.29 bits per heavy atom. The highest BCUT2D eigenvalue weighted by Gasteiger charge is 2.40. The van der Waals surface area contributed by atoms with Crippen molar-refractivity contribution in [1.82, 2.24) is 20.9 Å². The quantitative estimate of drug-likeness (QED) is 0.139. The molecule has 1 saturated carbocycles. The lowest BCUT2D eigenvalue weighted by molar-refractivity contribution is -0.147. The molecule has 2 aliphatic carbocycles. The Morgan fingerprint density at radius 1 is 0.927 bits per heavy atom. The van der Waals surface area contributed by atoms with Crippen molar-refractivity contribution in [3.05, 3.63) is 66.2 Å². The summed E-state index contributed by atoms with van der Waals surface area (Å²) in [6.07, 6.45) is 5.99. The van der Waals surface area contributed by atoms with Gasteiger partial charge in [0.25, 0.3) is 0 Å². The molecule has 13 heteroatoms. The molecule has 0 aliphatic heterocycles. The standard InChI is InChI=1S/C42H52N4O9/c1-6-13-32(41(50)51)44-38(47)30-20-28(55-35-23-33(25-14-9-7-10-15-25)43-34-22-27(53-4)18-19-29(34)35)21-31(30)39(48)45-36(24(2)3)40(49)46-37(42(52)54-5)26-16-11-8-12-17-26/h7,9-10,14-15,18-19,21-24,26,28,30,32,36-37H,6,8,11-13,16-17,20H2,1-5H3,(H,44,47)(H,45,48)(H,46,49)(H,50,51)/t28-,30-,32-,36-,37?/m0/s1. The molecular weight excluding hydrogens is 704 g/mol. The zero-order valence-corrected chi connectivity index (χ0v) is 32.1. The number of ether oxygens (including phenoxy) is 3. The number of hydrogen-bond donors (Lipinski definition) is 4. The summed E-state index contributed by atoms with van der Waals surface area (Å²) >= 11 is 0. The van der Waals surface area contributed by atoms with E-state index >= 15 is 0 Å². The first kappa shape index (κ1) is 40.7. The zero-order valence-electron chi connectivity index (χ0n) is 32.1. The second kappa shape index (κ2) is 18.7. The number of carboxylic acids is 1. The van der Waals surface area contributed by atoms with Gasteiger partial charge in [0.15, 0.2) is 0 Å². The number of amides is 3. The third kappa shape index (κ3) is 10.00. The Kier molecular flexibility index (Phi) is 13.9. The molecule has 55 heavy (non-hydrogen) atoms. The highest BCUT2D eigenvalue weighted by atomic mass is 16.5. The van der Waals surface area contributed by atoms with E-state index in [0.717, 1.165) is 37.7 Å². The lowest BCUT2D eigenvalue weighted by Gasteiger charge is -2.31. The third-order valence-electron chi connectivity index (χ3n) is 10.4. The summed E-state index contributed by atoms with van der Waals surface area (Å²) in [4.78, 5) is 71.5. The van der Waals surface area contributed by atoms with Crippen molar-refractivity contribution in [1.29, 1.82) is 0 Å². The number of fused-ring (bicyclic) bond motifs is 1. The summed E-state index contributed by atoms with van der Waals surface area (Å²) in [6.45, 7) is 5.36. The molecule has 0 radical (unpaired) electrons. The number of methoxy groups -OCH3 is 2. The molecule has 3 aromatic rings. The molecule has 4 N–H and O–H groups in total. The topological polar surface area (TPSA) is 182 Å². The molecule has 3 amide bonds. The summed E-state index contributed by atoms with van der Waals surface area (Å²) < 4.78 is 17.1. The van der Waals surface area contributed by atoms with Gasteiger partial charge < -0.3 is 35.3 Å². The Balaban J connectivity index is 1.46. The maximum absolute atomic E-state index is 14.2. The van der Waals surface area contributed by atoms with Gasteiger partial charge in [-0.25, -0.2) is 14.6 Å². The van der Waals surface area contributed by atoms with Crippen LogP contribution < -0.4 is 25.4 Å². The average molecular weight is 757 g/mol. The first-order valence-electron chi connectivity index (χ1n) is 19.1. The van der Waals surface area contributed by atoms with E-state index < -0.39 is 65.7 Å². The molecule has 294 valence electrons. The van der Waals surface area contributed by atoms with Crippen molar-refractivity contribution >= 4 is 40.6 Å². The van der Waals surface area contributed by atoms with Gasteiger partial charge in [-0.15, -0.1) is 0 Å². The number of esters is 1. The number of pyridine rings is 1. The third-order valence-corrected chi connectivity index (χ3v) is 10.4.